The minimum absolute atomic E-state index is 0.0653. The zero-order chi connectivity index (χ0) is 21.0. The summed E-state index contributed by atoms with van der Waals surface area (Å²) in [6.45, 7) is 3.29. The molecule has 9 heteroatoms. The first-order valence-corrected chi connectivity index (χ1v) is 11.0. The second-order valence-electron chi connectivity index (χ2n) is 6.94. The number of hydrogen-bond donors (Lipinski definition) is 1. The van der Waals surface area contributed by atoms with Gasteiger partial charge in [0, 0.05) is 23.4 Å². The maximum absolute atomic E-state index is 11.9. The van der Waals surface area contributed by atoms with Crippen molar-refractivity contribution in [3.05, 3.63) is 53.4 Å². The highest BCUT2D eigenvalue weighted by molar-refractivity contribution is 7.91. The minimum Gasteiger partial charge on any atom is -0.452 e. The Morgan fingerprint density at radius 2 is 2.00 bits per heavy atom. The monoisotopic (exact) mass is 417 g/mol. The Morgan fingerprint density at radius 1 is 1.28 bits per heavy atom. The van der Waals surface area contributed by atoms with Crippen LogP contribution in [-0.4, -0.2) is 54.2 Å². The standard InChI is InChI=1S/C20H23N3O5S/c1-14-18(15(2)23(22-14)17-6-4-3-5-7-17)8-9-20(25)28-12-19(24)21-16-10-11-29(26,27)13-16/h3-9,16H,10-13H2,1-2H3,(H,21,24). The van der Waals surface area contributed by atoms with E-state index in [1.807, 2.05) is 44.2 Å². The molecule has 1 aromatic carbocycles. The first-order valence-electron chi connectivity index (χ1n) is 9.21. The zero-order valence-corrected chi connectivity index (χ0v) is 17.1. The van der Waals surface area contributed by atoms with Gasteiger partial charge in [0.15, 0.2) is 16.4 Å². The molecule has 1 amide bonds. The number of para-hydroxylation sites is 1. The van der Waals surface area contributed by atoms with Crippen LogP contribution in [0.1, 0.15) is 23.4 Å². The SMILES string of the molecule is Cc1nn(-c2ccccc2)c(C)c1C=CC(=O)OCC(=O)NC1CCS(=O)(=O)C1. The summed E-state index contributed by atoms with van der Waals surface area (Å²) in [4.78, 5) is 23.8. The number of aryl methyl sites for hydroxylation is 1. The quantitative estimate of drug-likeness (QED) is 0.562. The molecule has 0 saturated carbocycles. The summed E-state index contributed by atoms with van der Waals surface area (Å²) in [5, 5.41) is 7.07. The lowest BCUT2D eigenvalue weighted by Crippen LogP contribution is -2.38. The number of sulfone groups is 1. The van der Waals surface area contributed by atoms with Crippen LogP contribution < -0.4 is 5.32 Å². The highest BCUT2D eigenvalue weighted by Gasteiger charge is 2.28. The maximum atomic E-state index is 11.9. The molecule has 2 heterocycles. The Morgan fingerprint density at radius 3 is 2.66 bits per heavy atom. The third kappa shape index (κ3) is 5.32. The molecule has 1 aromatic heterocycles. The molecule has 154 valence electrons. The fourth-order valence-corrected chi connectivity index (χ4v) is 4.90. The summed E-state index contributed by atoms with van der Waals surface area (Å²) in [5.41, 5.74) is 3.35. The van der Waals surface area contributed by atoms with Crippen molar-refractivity contribution in [2.45, 2.75) is 26.3 Å². The number of hydrogen-bond acceptors (Lipinski definition) is 6. The Balaban J connectivity index is 1.56. The second kappa shape index (κ2) is 8.60. The van der Waals surface area contributed by atoms with Crippen molar-refractivity contribution in [3.63, 3.8) is 0 Å². The largest absolute Gasteiger partial charge is 0.452 e. The van der Waals surface area contributed by atoms with Crippen LogP contribution in [0.4, 0.5) is 0 Å². The number of nitrogens with one attached hydrogen (secondary N) is 1. The summed E-state index contributed by atoms with van der Waals surface area (Å²) in [6.07, 6.45) is 3.24. The predicted molar refractivity (Wildman–Crippen MR) is 108 cm³/mol. The van der Waals surface area contributed by atoms with Crippen molar-refractivity contribution in [3.8, 4) is 5.69 Å². The van der Waals surface area contributed by atoms with Gasteiger partial charge in [0.05, 0.1) is 22.9 Å². The molecule has 1 unspecified atom stereocenters. The molecule has 8 nitrogen and oxygen atoms in total. The van der Waals surface area contributed by atoms with Gasteiger partial charge in [-0.2, -0.15) is 5.10 Å². The van der Waals surface area contributed by atoms with Gasteiger partial charge < -0.3 is 10.1 Å². The van der Waals surface area contributed by atoms with E-state index in [1.54, 1.807) is 10.8 Å². The number of amides is 1. The summed E-state index contributed by atoms with van der Waals surface area (Å²) >= 11 is 0. The molecular formula is C20H23N3O5S. The van der Waals surface area contributed by atoms with Gasteiger partial charge in [-0.1, -0.05) is 18.2 Å². The number of carbonyl (C=O) groups excluding carboxylic acids is 2. The topological polar surface area (TPSA) is 107 Å². The third-order valence-corrected chi connectivity index (χ3v) is 6.45. The summed E-state index contributed by atoms with van der Waals surface area (Å²) in [6, 6.07) is 9.23. The van der Waals surface area contributed by atoms with Gasteiger partial charge >= 0.3 is 5.97 Å². The smallest absolute Gasteiger partial charge is 0.331 e. The van der Waals surface area contributed by atoms with E-state index in [2.05, 4.69) is 10.4 Å². The van der Waals surface area contributed by atoms with E-state index in [9.17, 15) is 18.0 Å². The van der Waals surface area contributed by atoms with Crippen LogP contribution in [0.25, 0.3) is 11.8 Å². The van der Waals surface area contributed by atoms with Crippen molar-refractivity contribution in [2.24, 2.45) is 0 Å². The van der Waals surface area contributed by atoms with Gasteiger partial charge in [0.1, 0.15) is 0 Å². The third-order valence-electron chi connectivity index (χ3n) is 4.68. The fraction of sp³-hybridized carbons (Fsp3) is 0.350. The van der Waals surface area contributed by atoms with E-state index in [0.717, 1.165) is 22.6 Å². The van der Waals surface area contributed by atoms with Crippen molar-refractivity contribution in [2.75, 3.05) is 18.1 Å². The molecule has 1 aliphatic heterocycles. The van der Waals surface area contributed by atoms with Crippen LogP contribution in [0.5, 0.6) is 0 Å². The molecule has 1 saturated heterocycles. The molecule has 0 spiro atoms. The number of nitrogens with zero attached hydrogens (tertiary/aromatic N) is 2. The van der Waals surface area contributed by atoms with Gasteiger partial charge in [0.2, 0.25) is 0 Å². The average Bonchev–Trinajstić information content (AvgIpc) is 3.17. The number of carbonyl (C=O) groups is 2. The first kappa shape index (κ1) is 20.8. The summed E-state index contributed by atoms with van der Waals surface area (Å²) < 4.78 is 29.5. The molecule has 29 heavy (non-hydrogen) atoms. The van der Waals surface area contributed by atoms with E-state index in [1.165, 1.54) is 6.08 Å². The first-order chi connectivity index (χ1) is 13.7. The minimum atomic E-state index is -3.08. The molecule has 1 aliphatic rings. The highest BCUT2D eigenvalue weighted by Crippen LogP contribution is 2.19. The number of aromatic nitrogens is 2. The van der Waals surface area contributed by atoms with Crippen molar-refractivity contribution < 1.29 is 22.7 Å². The molecule has 0 aliphatic carbocycles. The van der Waals surface area contributed by atoms with Crippen LogP contribution >= 0.6 is 0 Å². The number of rotatable bonds is 6. The molecule has 2 aromatic rings. The van der Waals surface area contributed by atoms with Crippen molar-refractivity contribution in [1.82, 2.24) is 15.1 Å². The van der Waals surface area contributed by atoms with Gasteiger partial charge in [-0.05, 0) is 38.5 Å². The molecule has 0 radical (unpaired) electrons. The van der Waals surface area contributed by atoms with Crippen molar-refractivity contribution in [1.29, 1.82) is 0 Å². The molecule has 1 atom stereocenters. The predicted octanol–water partition coefficient (Wildman–Crippen LogP) is 1.35. The van der Waals surface area contributed by atoms with E-state index in [-0.39, 0.29) is 11.5 Å². The summed E-state index contributed by atoms with van der Waals surface area (Å²) in [7, 11) is -3.08. The lowest BCUT2D eigenvalue weighted by atomic mass is 10.2. The lowest BCUT2D eigenvalue weighted by Gasteiger charge is -2.10. The Labute approximate surface area is 169 Å². The molecule has 1 fully saturated rings. The van der Waals surface area contributed by atoms with Crippen molar-refractivity contribution >= 4 is 27.8 Å². The van der Waals surface area contributed by atoms with Gasteiger partial charge in [-0.25, -0.2) is 17.9 Å². The number of esters is 1. The van der Waals surface area contributed by atoms with E-state index < -0.39 is 34.4 Å². The Bertz CT molecular complexity index is 1040. The maximum Gasteiger partial charge on any atom is 0.331 e. The zero-order valence-electron chi connectivity index (χ0n) is 16.3. The van der Waals surface area contributed by atoms with E-state index >= 15 is 0 Å². The molecule has 3 rings (SSSR count). The number of ether oxygens (including phenoxy) is 1. The van der Waals surface area contributed by atoms with E-state index in [0.29, 0.717) is 6.42 Å². The van der Waals surface area contributed by atoms with Crippen LogP contribution in [0.3, 0.4) is 0 Å². The normalized spacial score (nSPS) is 18.1. The molecular weight excluding hydrogens is 394 g/mol. The Kier molecular flexibility index (Phi) is 6.17. The fourth-order valence-electron chi connectivity index (χ4n) is 3.23. The van der Waals surface area contributed by atoms with Gasteiger partial charge in [0.25, 0.3) is 5.91 Å². The molecule has 1 N–H and O–H groups in total. The molecule has 0 bridgehead atoms. The second-order valence-corrected chi connectivity index (χ2v) is 9.17. The van der Waals surface area contributed by atoms with Crippen LogP contribution in [0.2, 0.25) is 0 Å². The Hall–Kier alpha value is -2.94. The number of benzene rings is 1. The van der Waals surface area contributed by atoms with E-state index in [4.69, 9.17) is 4.74 Å². The average molecular weight is 417 g/mol. The lowest BCUT2D eigenvalue weighted by molar-refractivity contribution is -0.143. The van der Waals surface area contributed by atoms with Crippen LogP contribution in [0, 0.1) is 13.8 Å². The van der Waals surface area contributed by atoms with Gasteiger partial charge in [-0.3, -0.25) is 4.79 Å². The van der Waals surface area contributed by atoms with Gasteiger partial charge in [-0.15, -0.1) is 0 Å². The summed E-state index contributed by atoms with van der Waals surface area (Å²) in [5.74, 6) is -1.18. The van der Waals surface area contributed by atoms with Crippen LogP contribution in [-0.2, 0) is 24.2 Å². The van der Waals surface area contributed by atoms with Crippen LogP contribution in [0.15, 0.2) is 36.4 Å². The highest BCUT2D eigenvalue weighted by atomic mass is 32.2.